The van der Waals surface area contributed by atoms with Gasteiger partial charge in [0.2, 0.25) is 0 Å². The van der Waals surface area contributed by atoms with Gasteiger partial charge in [-0.25, -0.2) is 0 Å². The Morgan fingerprint density at radius 1 is 1.62 bits per heavy atom. The fourth-order valence-corrected chi connectivity index (χ4v) is 0.854. The molecule has 1 aliphatic heterocycles. The Bertz CT molecular complexity index is 122. The lowest BCUT2D eigenvalue weighted by atomic mass is 9.99. The van der Waals surface area contributed by atoms with Gasteiger partial charge in [-0.1, -0.05) is 11.6 Å². The maximum atomic E-state index is 3.35. The summed E-state index contributed by atoms with van der Waals surface area (Å²) in [5.74, 6) is 0. The molecule has 0 fully saturated rings. The molecule has 1 N–H and O–H groups in total. The summed E-state index contributed by atoms with van der Waals surface area (Å²) in [7, 11) is 0. The normalized spacial score (nSPS) is 25.6. The number of rotatable bonds is 0. The first kappa shape index (κ1) is 5.83. The maximum Gasteiger partial charge on any atom is 0.0337 e. The van der Waals surface area contributed by atoms with Gasteiger partial charge in [-0.05, 0) is 20.8 Å². The second-order valence-corrected chi connectivity index (χ2v) is 2.89. The lowest BCUT2D eigenvalue weighted by Crippen LogP contribution is -2.34. The molecule has 0 aromatic carbocycles. The van der Waals surface area contributed by atoms with Crippen LogP contribution in [-0.2, 0) is 0 Å². The Labute approximate surface area is 50.8 Å². The van der Waals surface area contributed by atoms with Gasteiger partial charge in [0.25, 0.3) is 0 Å². The van der Waals surface area contributed by atoms with Crippen LogP contribution in [0.4, 0.5) is 0 Å². The summed E-state index contributed by atoms with van der Waals surface area (Å²) < 4.78 is 0. The maximum absolute atomic E-state index is 3.35. The van der Waals surface area contributed by atoms with E-state index in [9.17, 15) is 0 Å². The monoisotopic (exact) mass is 111 g/mol. The van der Waals surface area contributed by atoms with E-state index in [0.29, 0.717) is 0 Å². The minimum atomic E-state index is 0.264. The van der Waals surface area contributed by atoms with Gasteiger partial charge in [-0.15, -0.1) is 0 Å². The summed E-state index contributed by atoms with van der Waals surface area (Å²) in [5, 5.41) is 3.35. The van der Waals surface area contributed by atoms with Crippen molar-refractivity contribution >= 4 is 0 Å². The first-order valence-corrected chi connectivity index (χ1v) is 3.05. The molecule has 0 aliphatic carbocycles. The van der Waals surface area contributed by atoms with Gasteiger partial charge >= 0.3 is 0 Å². The molecule has 46 valence electrons. The van der Waals surface area contributed by atoms with E-state index < -0.39 is 0 Å². The van der Waals surface area contributed by atoms with Crippen molar-refractivity contribution < 1.29 is 0 Å². The molecular weight excluding hydrogens is 98.1 g/mol. The van der Waals surface area contributed by atoms with E-state index in [1.807, 2.05) is 0 Å². The van der Waals surface area contributed by atoms with Crippen LogP contribution in [0.2, 0.25) is 0 Å². The van der Waals surface area contributed by atoms with E-state index in [1.54, 1.807) is 0 Å². The van der Waals surface area contributed by atoms with Crippen LogP contribution < -0.4 is 5.32 Å². The molecule has 0 bridgehead atoms. The van der Waals surface area contributed by atoms with Crippen LogP contribution in [0.1, 0.15) is 20.8 Å². The van der Waals surface area contributed by atoms with Crippen LogP contribution >= 0.6 is 0 Å². The van der Waals surface area contributed by atoms with E-state index in [0.717, 1.165) is 6.54 Å². The molecule has 1 heterocycles. The third kappa shape index (κ3) is 0.781. The summed E-state index contributed by atoms with van der Waals surface area (Å²) in [5.41, 5.74) is 1.72. The number of hydrogen-bond donors (Lipinski definition) is 1. The van der Waals surface area contributed by atoms with Crippen molar-refractivity contribution in [1.82, 2.24) is 5.32 Å². The number of hydrogen-bond acceptors (Lipinski definition) is 1. The van der Waals surface area contributed by atoms with Gasteiger partial charge in [0.1, 0.15) is 0 Å². The molecular formula is C7H13N. The molecule has 1 heteroatoms. The Morgan fingerprint density at radius 2 is 2.25 bits per heavy atom. The van der Waals surface area contributed by atoms with Gasteiger partial charge in [-0.2, -0.15) is 0 Å². The van der Waals surface area contributed by atoms with Crippen LogP contribution in [0.25, 0.3) is 0 Å². The zero-order chi connectivity index (χ0) is 6.20. The van der Waals surface area contributed by atoms with Crippen LogP contribution in [0.5, 0.6) is 0 Å². The van der Waals surface area contributed by atoms with Crippen molar-refractivity contribution in [2.45, 2.75) is 26.3 Å². The van der Waals surface area contributed by atoms with Crippen LogP contribution in [0.15, 0.2) is 11.6 Å². The zero-order valence-electron chi connectivity index (χ0n) is 5.78. The topological polar surface area (TPSA) is 12.0 Å². The average Bonchev–Trinajstić information content (AvgIpc) is 1.86. The quantitative estimate of drug-likeness (QED) is 0.465. The molecule has 0 saturated heterocycles. The Balaban J connectivity index is 2.73. The van der Waals surface area contributed by atoms with Crippen molar-refractivity contribution in [2.24, 2.45) is 0 Å². The summed E-state index contributed by atoms with van der Waals surface area (Å²) in [6, 6.07) is 0. The van der Waals surface area contributed by atoms with Gasteiger partial charge in [-0.3, -0.25) is 0 Å². The first-order valence-electron chi connectivity index (χ1n) is 3.05. The largest absolute Gasteiger partial charge is 0.305 e. The van der Waals surface area contributed by atoms with Gasteiger partial charge in [0.05, 0.1) is 0 Å². The predicted octanol–water partition coefficient (Wildman–Crippen LogP) is 1.31. The first-order chi connectivity index (χ1) is 3.63. The van der Waals surface area contributed by atoms with E-state index in [2.05, 4.69) is 32.2 Å². The summed E-state index contributed by atoms with van der Waals surface area (Å²) >= 11 is 0. The fourth-order valence-electron chi connectivity index (χ4n) is 0.854. The smallest absolute Gasteiger partial charge is 0.0337 e. The van der Waals surface area contributed by atoms with E-state index >= 15 is 0 Å². The summed E-state index contributed by atoms with van der Waals surface area (Å²) in [6.07, 6.45) is 2.24. The van der Waals surface area contributed by atoms with E-state index in [1.165, 1.54) is 5.57 Å². The fraction of sp³-hybridized carbons (Fsp3) is 0.714. The molecule has 0 atom stereocenters. The van der Waals surface area contributed by atoms with Crippen LogP contribution in [0, 0.1) is 0 Å². The molecule has 0 unspecified atom stereocenters. The molecule has 0 aromatic rings. The van der Waals surface area contributed by atoms with Crippen LogP contribution in [-0.4, -0.2) is 12.1 Å². The van der Waals surface area contributed by atoms with E-state index in [4.69, 9.17) is 0 Å². The van der Waals surface area contributed by atoms with Crippen molar-refractivity contribution in [3.05, 3.63) is 11.6 Å². The highest BCUT2D eigenvalue weighted by Gasteiger charge is 2.21. The highest BCUT2D eigenvalue weighted by atomic mass is 15.0. The molecule has 1 rings (SSSR count). The van der Waals surface area contributed by atoms with Crippen molar-refractivity contribution in [3.63, 3.8) is 0 Å². The SMILES string of the molecule is CC1=CCNC1(C)C. The van der Waals surface area contributed by atoms with Gasteiger partial charge < -0.3 is 5.32 Å². The van der Waals surface area contributed by atoms with Crippen molar-refractivity contribution in [3.8, 4) is 0 Å². The molecule has 0 spiro atoms. The van der Waals surface area contributed by atoms with Crippen molar-refractivity contribution in [1.29, 1.82) is 0 Å². The van der Waals surface area contributed by atoms with E-state index in [-0.39, 0.29) is 5.54 Å². The Morgan fingerprint density at radius 3 is 2.38 bits per heavy atom. The summed E-state index contributed by atoms with van der Waals surface area (Å²) in [4.78, 5) is 0. The molecule has 0 saturated carbocycles. The minimum absolute atomic E-state index is 0.264. The second-order valence-electron chi connectivity index (χ2n) is 2.89. The van der Waals surface area contributed by atoms with Gasteiger partial charge in [0.15, 0.2) is 0 Å². The molecule has 0 amide bonds. The minimum Gasteiger partial charge on any atom is -0.305 e. The lowest BCUT2D eigenvalue weighted by Gasteiger charge is -2.19. The number of nitrogens with one attached hydrogen (secondary N) is 1. The van der Waals surface area contributed by atoms with Gasteiger partial charge in [0, 0.05) is 12.1 Å². The highest BCUT2D eigenvalue weighted by molar-refractivity contribution is 5.20. The third-order valence-corrected chi connectivity index (χ3v) is 1.94. The second kappa shape index (κ2) is 1.59. The Hall–Kier alpha value is -0.300. The molecule has 1 aliphatic rings. The highest BCUT2D eigenvalue weighted by Crippen LogP contribution is 2.18. The average molecular weight is 111 g/mol. The molecule has 8 heavy (non-hydrogen) atoms. The standard InChI is InChI=1S/C7H13N/c1-6-4-5-8-7(6,2)3/h4,8H,5H2,1-3H3. The molecule has 1 nitrogen and oxygen atoms in total. The van der Waals surface area contributed by atoms with Crippen molar-refractivity contribution in [2.75, 3.05) is 6.54 Å². The summed E-state index contributed by atoms with van der Waals surface area (Å²) in [6.45, 7) is 7.61. The predicted molar refractivity (Wildman–Crippen MR) is 35.8 cm³/mol. The zero-order valence-corrected chi connectivity index (χ0v) is 5.78. The lowest BCUT2D eigenvalue weighted by molar-refractivity contribution is 0.508. The van der Waals surface area contributed by atoms with Crippen LogP contribution in [0.3, 0.4) is 0 Å². The molecule has 0 radical (unpaired) electrons. The molecule has 0 aromatic heterocycles. The Kier molecular flexibility index (Phi) is 1.16. The third-order valence-electron chi connectivity index (χ3n) is 1.94.